The van der Waals surface area contributed by atoms with Gasteiger partial charge in [-0.2, -0.15) is 0 Å². The van der Waals surface area contributed by atoms with Crippen molar-refractivity contribution in [3.8, 4) is 5.75 Å². The van der Waals surface area contributed by atoms with Crippen molar-refractivity contribution >= 4 is 34.9 Å². The van der Waals surface area contributed by atoms with Gasteiger partial charge in [-0.3, -0.25) is 9.59 Å². The second-order valence-electron chi connectivity index (χ2n) is 7.38. The van der Waals surface area contributed by atoms with Crippen molar-refractivity contribution in [1.29, 1.82) is 0 Å². The summed E-state index contributed by atoms with van der Waals surface area (Å²) >= 11 is 1.01. The number of benzene rings is 1. The van der Waals surface area contributed by atoms with E-state index < -0.39 is 30.0 Å². The topological polar surface area (TPSA) is 120 Å². The predicted molar refractivity (Wildman–Crippen MR) is 119 cm³/mol. The Morgan fingerprint density at radius 2 is 1.97 bits per heavy atom. The molecule has 9 nitrogen and oxygen atoms in total. The summed E-state index contributed by atoms with van der Waals surface area (Å²) in [6.07, 6.45) is 1.76. The van der Waals surface area contributed by atoms with Crippen molar-refractivity contribution in [2.75, 3.05) is 26.0 Å². The molecule has 1 aromatic carbocycles. The summed E-state index contributed by atoms with van der Waals surface area (Å²) in [7, 11) is 1.58. The molecule has 1 amide bonds. The van der Waals surface area contributed by atoms with Gasteiger partial charge in [-0.25, -0.2) is 9.59 Å². The van der Waals surface area contributed by atoms with Crippen LogP contribution in [0.25, 0.3) is 0 Å². The molecule has 2 rings (SSSR count). The lowest BCUT2D eigenvalue weighted by Crippen LogP contribution is -2.36. The van der Waals surface area contributed by atoms with Crippen molar-refractivity contribution < 1.29 is 33.4 Å². The molecule has 1 saturated heterocycles. The first-order valence-electron chi connectivity index (χ1n) is 10.5. The van der Waals surface area contributed by atoms with E-state index in [0.717, 1.165) is 36.0 Å². The van der Waals surface area contributed by atoms with Crippen LogP contribution in [0.5, 0.6) is 5.75 Å². The van der Waals surface area contributed by atoms with Crippen LogP contribution < -0.4 is 15.4 Å². The molecule has 0 spiro atoms. The monoisotopic (exact) mass is 466 g/mol. The number of nitrogens with one attached hydrogen (secondary N) is 2. The fourth-order valence-electron chi connectivity index (χ4n) is 3.09. The van der Waals surface area contributed by atoms with E-state index in [9.17, 15) is 19.2 Å². The molecule has 1 unspecified atom stereocenters. The molecule has 1 aliphatic heterocycles. The summed E-state index contributed by atoms with van der Waals surface area (Å²) in [4.78, 5) is 47.7. The van der Waals surface area contributed by atoms with Gasteiger partial charge < -0.3 is 24.8 Å². The minimum absolute atomic E-state index is 0.119. The summed E-state index contributed by atoms with van der Waals surface area (Å²) in [6, 6.07) is 6.71. The van der Waals surface area contributed by atoms with Crippen molar-refractivity contribution in [1.82, 2.24) is 10.6 Å². The summed E-state index contributed by atoms with van der Waals surface area (Å²) in [6.45, 7) is 2.55. The zero-order valence-electron chi connectivity index (χ0n) is 18.4. The molecule has 10 heteroatoms. The van der Waals surface area contributed by atoms with Gasteiger partial charge in [-0.15, -0.1) is 0 Å². The second kappa shape index (κ2) is 13.7. The molecule has 1 aliphatic rings. The quantitative estimate of drug-likeness (QED) is 0.288. The van der Waals surface area contributed by atoms with Crippen LogP contribution in [0.2, 0.25) is 0 Å². The predicted octanol–water partition coefficient (Wildman–Crippen LogP) is 2.42. The summed E-state index contributed by atoms with van der Waals surface area (Å²) in [5.74, 6) is -0.895. The Morgan fingerprint density at radius 1 is 1.22 bits per heavy atom. The number of alkyl carbamates (subject to hydrolysis) is 1. The molecule has 32 heavy (non-hydrogen) atoms. The fraction of sp³-hybridized carbons (Fsp3) is 0.545. The Morgan fingerprint density at radius 3 is 2.59 bits per heavy atom. The van der Waals surface area contributed by atoms with Gasteiger partial charge >= 0.3 is 18.0 Å². The number of amides is 1. The maximum atomic E-state index is 12.4. The van der Waals surface area contributed by atoms with Crippen LogP contribution in [0.3, 0.4) is 0 Å². The van der Waals surface area contributed by atoms with Crippen molar-refractivity contribution in [2.45, 2.75) is 45.3 Å². The largest absolute Gasteiger partial charge is 0.497 e. The van der Waals surface area contributed by atoms with Crippen LogP contribution in [0.4, 0.5) is 4.79 Å². The van der Waals surface area contributed by atoms with Crippen LogP contribution in [-0.4, -0.2) is 55.1 Å². The molecule has 0 saturated carbocycles. The highest BCUT2D eigenvalue weighted by Gasteiger charge is 2.29. The standard InChI is InChI=1S/C22H30N2O7S/c1-15(25)32-14-17(20(26)31-21(27)19-6-4-11-23-19)5-3-12-24-22(28)30-13-16-7-9-18(29-2)10-8-16/h7-10,17,19,23H,3-6,11-14H2,1-2H3,(H,24,28)/t17?,19-/m0/s1. The third-order valence-electron chi connectivity index (χ3n) is 4.89. The molecular formula is C22H30N2O7S. The van der Waals surface area contributed by atoms with Gasteiger partial charge in [0.25, 0.3) is 0 Å². The Hall–Kier alpha value is -2.59. The van der Waals surface area contributed by atoms with Crippen LogP contribution in [-0.2, 0) is 30.5 Å². The Bertz CT molecular complexity index is 779. The first-order chi connectivity index (χ1) is 15.4. The number of carbonyl (C=O) groups is 4. The molecule has 0 aromatic heterocycles. The van der Waals surface area contributed by atoms with E-state index in [4.69, 9.17) is 14.2 Å². The number of esters is 2. The minimum Gasteiger partial charge on any atom is -0.497 e. The third-order valence-corrected chi connectivity index (χ3v) is 5.87. The summed E-state index contributed by atoms with van der Waals surface area (Å²) < 4.78 is 15.3. The molecule has 2 atom stereocenters. The van der Waals surface area contributed by atoms with Gasteiger partial charge in [-0.05, 0) is 49.9 Å². The summed E-state index contributed by atoms with van der Waals surface area (Å²) in [5.41, 5.74) is 0.825. The molecule has 176 valence electrons. The van der Waals surface area contributed by atoms with Gasteiger partial charge in [0.05, 0.1) is 13.0 Å². The second-order valence-corrected chi connectivity index (χ2v) is 8.58. The number of hydrogen-bond donors (Lipinski definition) is 2. The molecule has 0 aliphatic carbocycles. The van der Waals surface area contributed by atoms with Gasteiger partial charge in [0.15, 0.2) is 5.12 Å². The normalized spacial score (nSPS) is 16.1. The van der Waals surface area contributed by atoms with Crippen LogP contribution >= 0.6 is 11.8 Å². The number of methoxy groups -OCH3 is 1. The van der Waals surface area contributed by atoms with Gasteiger partial charge in [-0.1, -0.05) is 23.9 Å². The fourth-order valence-corrected chi connectivity index (χ4v) is 3.83. The number of carbonyl (C=O) groups excluding carboxylic acids is 4. The van der Waals surface area contributed by atoms with Crippen molar-refractivity contribution in [2.24, 2.45) is 5.92 Å². The first kappa shape index (κ1) is 25.7. The van der Waals surface area contributed by atoms with Crippen molar-refractivity contribution in [3.05, 3.63) is 29.8 Å². The van der Waals surface area contributed by atoms with E-state index in [0.29, 0.717) is 19.3 Å². The molecule has 2 N–H and O–H groups in total. The number of thioether (sulfide) groups is 1. The highest BCUT2D eigenvalue weighted by atomic mass is 32.2. The Labute approximate surface area is 191 Å². The van der Waals surface area contributed by atoms with E-state index in [1.165, 1.54) is 6.92 Å². The molecule has 0 radical (unpaired) electrons. The maximum absolute atomic E-state index is 12.4. The lowest BCUT2D eigenvalue weighted by atomic mass is 10.1. The number of ether oxygens (including phenoxy) is 3. The highest BCUT2D eigenvalue weighted by molar-refractivity contribution is 8.13. The third kappa shape index (κ3) is 9.27. The Kier molecular flexibility index (Phi) is 11.0. The molecule has 0 bridgehead atoms. The van der Waals surface area contributed by atoms with E-state index in [2.05, 4.69) is 10.6 Å². The maximum Gasteiger partial charge on any atom is 0.407 e. The molecule has 1 fully saturated rings. The molecule has 1 heterocycles. The summed E-state index contributed by atoms with van der Waals surface area (Å²) in [5, 5.41) is 5.50. The van der Waals surface area contributed by atoms with Crippen LogP contribution in [0.15, 0.2) is 24.3 Å². The lowest BCUT2D eigenvalue weighted by Gasteiger charge is -2.16. The minimum atomic E-state index is -0.639. The number of hydrogen-bond acceptors (Lipinski definition) is 9. The molecular weight excluding hydrogens is 436 g/mol. The SMILES string of the molecule is COc1ccc(COC(=O)NCCCC(CSC(C)=O)C(=O)OC(=O)[C@@H]2CCCN2)cc1. The van der Waals surface area contributed by atoms with E-state index >= 15 is 0 Å². The average Bonchev–Trinajstić information content (AvgIpc) is 3.32. The average molecular weight is 467 g/mol. The highest BCUT2D eigenvalue weighted by Crippen LogP contribution is 2.18. The zero-order chi connectivity index (χ0) is 23.3. The van der Waals surface area contributed by atoms with Gasteiger partial charge in [0.1, 0.15) is 18.4 Å². The van der Waals surface area contributed by atoms with Gasteiger partial charge in [0, 0.05) is 19.2 Å². The van der Waals surface area contributed by atoms with Gasteiger partial charge in [0.2, 0.25) is 0 Å². The smallest absolute Gasteiger partial charge is 0.407 e. The lowest BCUT2D eigenvalue weighted by molar-refractivity contribution is -0.163. The zero-order valence-corrected chi connectivity index (χ0v) is 19.2. The van der Waals surface area contributed by atoms with E-state index in [1.807, 2.05) is 0 Å². The van der Waals surface area contributed by atoms with Crippen LogP contribution in [0.1, 0.15) is 38.2 Å². The van der Waals surface area contributed by atoms with E-state index in [1.54, 1.807) is 31.4 Å². The van der Waals surface area contributed by atoms with Crippen LogP contribution in [0, 0.1) is 5.92 Å². The number of rotatable bonds is 11. The van der Waals surface area contributed by atoms with E-state index in [-0.39, 0.29) is 24.0 Å². The van der Waals surface area contributed by atoms with Crippen molar-refractivity contribution in [3.63, 3.8) is 0 Å². The molecule has 1 aromatic rings. The first-order valence-corrected chi connectivity index (χ1v) is 11.5. The Balaban J connectivity index is 1.72.